The van der Waals surface area contributed by atoms with E-state index in [2.05, 4.69) is 6.92 Å². The first-order chi connectivity index (χ1) is 9.11. The highest BCUT2D eigenvalue weighted by Gasteiger charge is 2.25. The van der Waals surface area contributed by atoms with Crippen molar-refractivity contribution in [3.05, 3.63) is 23.8 Å². The lowest BCUT2D eigenvalue weighted by Crippen LogP contribution is -2.39. The molecule has 4 N–H and O–H groups in total. The van der Waals surface area contributed by atoms with Gasteiger partial charge in [0.2, 0.25) is 0 Å². The topological polar surface area (TPSA) is 72.3 Å². The van der Waals surface area contributed by atoms with Crippen molar-refractivity contribution >= 4 is 17.3 Å². The van der Waals surface area contributed by atoms with Gasteiger partial charge < -0.3 is 16.4 Å². The molecular formula is C15H23N3O. The lowest BCUT2D eigenvalue weighted by molar-refractivity contribution is 0.0678. The fraction of sp³-hybridized carbons (Fsp3) is 0.533. The Hall–Kier alpha value is -1.71. The minimum absolute atomic E-state index is 0.0627. The van der Waals surface area contributed by atoms with Crippen molar-refractivity contribution in [1.29, 1.82) is 0 Å². The Kier molecular flexibility index (Phi) is 4.30. The predicted octanol–water partition coefficient (Wildman–Crippen LogP) is 2.65. The smallest absolute Gasteiger partial charge is 0.254 e. The monoisotopic (exact) mass is 261 g/mol. The van der Waals surface area contributed by atoms with Crippen LogP contribution in [-0.4, -0.2) is 23.4 Å². The Morgan fingerprint density at radius 2 is 1.89 bits per heavy atom. The van der Waals surface area contributed by atoms with E-state index in [1.807, 2.05) is 4.90 Å². The summed E-state index contributed by atoms with van der Waals surface area (Å²) < 4.78 is 0. The minimum Gasteiger partial charge on any atom is -0.399 e. The zero-order valence-electron chi connectivity index (χ0n) is 11.6. The largest absolute Gasteiger partial charge is 0.399 e. The fourth-order valence-electron chi connectivity index (χ4n) is 2.84. The van der Waals surface area contributed by atoms with Crippen LogP contribution in [0, 0.1) is 0 Å². The second kappa shape index (κ2) is 5.95. The second-order valence-electron chi connectivity index (χ2n) is 5.30. The maximum absolute atomic E-state index is 12.6. The molecule has 19 heavy (non-hydrogen) atoms. The molecule has 104 valence electrons. The summed E-state index contributed by atoms with van der Waals surface area (Å²) in [4.78, 5) is 14.6. The highest BCUT2D eigenvalue weighted by molar-refractivity contribution is 5.96. The summed E-state index contributed by atoms with van der Waals surface area (Å²) >= 11 is 0. The van der Waals surface area contributed by atoms with E-state index in [0.29, 0.717) is 23.0 Å². The Morgan fingerprint density at radius 3 is 2.53 bits per heavy atom. The second-order valence-corrected chi connectivity index (χ2v) is 5.30. The van der Waals surface area contributed by atoms with Crippen LogP contribution in [0.3, 0.4) is 0 Å². The van der Waals surface area contributed by atoms with Gasteiger partial charge in [-0.1, -0.05) is 19.8 Å². The number of hydrogen-bond donors (Lipinski definition) is 2. The van der Waals surface area contributed by atoms with Gasteiger partial charge in [-0.2, -0.15) is 0 Å². The molecular weight excluding hydrogens is 238 g/mol. The molecule has 1 saturated heterocycles. The normalized spacial score (nSPS) is 20.1. The van der Waals surface area contributed by atoms with Gasteiger partial charge >= 0.3 is 0 Å². The number of amides is 1. The summed E-state index contributed by atoms with van der Waals surface area (Å²) in [5.41, 5.74) is 13.3. The molecule has 0 spiro atoms. The molecule has 1 fully saturated rings. The number of nitrogen functional groups attached to an aromatic ring is 2. The van der Waals surface area contributed by atoms with Gasteiger partial charge in [0.1, 0.15) is 0 Å². The molecule has 0 aliphatic carbocycles. The van der Waals surface area contributed by atoms with Gasteiger partial charge in [0.25, 0.3) is 5.91 Å². The van der Waals surface area contributed by atoms with E-state index < -0.39 is 0 Å². The number of nitrogens with two attached hydrogens (primary N) is 2. The molecule has 1 atom stereocenters. The van der Waals surface area contributed by atoms with Crippen LogP contribution in [0.2, 0.25) is 0 Å². The molecule has 1 aliphatic heterocycles. The summed E-state index contributed by atoms with van der Waals surface area (Å²) in [7, 11) is 0. The van der Waals surface area contributed by atoms with Crippen molar-refractivity contribution in [2.45, 2.75) is 45.1 Å². The molecule has 1 heterocycles. The van der Waals surface area contributed by atoms with Crippen LogP contribution < -0.4 is 11.5 Å². The summed E-state index contributed by atoms with van der Waals surface area (Å²) in [6, 6.07) is 5.46. The van der Waals surface area contributed by atoms with E-state index in [-0.39, 0.29) is 5.91 Å². The van der Waals surface area contributed by atoms with Gasteiger partial charge in [-0.25, -0.2) is 0 Å². The van der Waals surface area contributed by atoms with E-state index in [1.165, 1.54) is 12.8 Å². The Labute approximate surface area is 114 Å². The molecule has 2 rings (SSSR count). The number of likely N-dealkylation sites (tertiary alicyclic amines) is 1. The van der Waals surface area contributed by atoms with E-state index in [4.69, 9.17) is 11.5 Å². The van der Waals surface area contributed by atoms with Crippen LogP contribution in [-0.2, 0) is 0 Å². The number of nitrogens with zero attached hydrogens (tertiary/aromatic N) is 1. The van der Waals surface area contributed by atoms with Crippen molar-refractivity contribution in [2.75, 3.05) is 18.0 Å². The first kappa shape index (κ1) is 13.7. The molecule has 4 nitrogen and oxygen atoms in total. The minimum atomic E-state index is 0.0627. The third-order valence-corrected chi connectivity index (χ3v) is 3.83. The average Bonchev–Trinajstić information content (AvgIpc) is 2.61. The van der Waals surface area contributed by atoms with Gasteiger partial charge in [0, 0.05) is 29.5 Å². The zero-order valence-corrected chi connectivity index (χ0v) is 11.6. The predicted molar refractivity (Wildman–Crippen MR) is 78.9 cm³/mol. The lowest BCUT2D eigenvalue weighted by atomic mass is 10.1. The first-order valence-electron chi connectivity index (χ1n) is 7.09. The van der Waals surface area contributed by atoms with Crippen molar-refractivity contribution in [3.63, 3.8) is 0 Å². The number of carbonyl (C=O) groups is 1. The fourth-order valence-corrected chi connectivity index (χ4v) is 2.84. The Balaban J connectivity index is 2.25. The van der Waals surface area contributed by atoms with E-state index in [0.717, 1.165) is 25.8 Å². The van der Waals surface area contributed by atoms with Gasteiger partial charge in [-0.05, 0) is 37.5 Å². The van der Waals surface area contributed by atoms with E-state index >= 15 is 0 Å². The molecule has 0 radical (unpaired) electrons. The van der Waals surface area contributed by atoms with Crippen LogP contribution in [0.5, 0.6) is 0 Å². The highest BCUT2D eigenvalue weighted by Crippen LogP contribution is 2.23. The van der Waals surface area contributed by atoms with Crippen molar-refractivity contribution < 1.29 is 4.79 Å². The molecule has 1 aliphatic rings. The number of anilines is 2. The van der Waals surface area contributed by atoms with Gasteiger partial charge in [0.05, 0.1) is 0 Å². The van der Waals surface area contributed by atoms with Crippen LogP contribution in [0.1, 0.15) is 49.4 Å². The van der Waals surface area contributed by atoms with Gasteiger partial charge in [-0.15, -0.1) is 0 Å². The van der Waals surface area contributed by atoms with Crippen LogP contribution >= 0.6 is 0 Å². The third kappa shape index (κ3) is 3.19. The van der Waals surface area contributed by atoms with Crippen molar-refractivity contribution in [3.8, 4) is 0 Å². The Bertz CT molecular complexity index is 438. The standard InChI is InChI=1S/C15H23N3O/c1-2-14-6-4-3-5-7-18(14)15(19)11-8-12(16)10-13(17)9-11/h8-10,14H,2-7,16-17H2,1H3. The zero-order chi connectivity index (χ0) is 13.8. The van der Waals surface area contributed by atoms with Crippen molar-refractivity contribution in [2.24, 2.45) is 0 Å². The van der Waals surface area contributed by atoms with Gasteiger partial charge in [0.15, 0.2) is 0 Å². The molecule has 1 amide bonds. The lowest BCUT2D eigenvalue weighted by Gasteiger charge is -2.29. The molecule has 0 saturated carbocycles. The van der Waals surface area contributed by atoms with E-state index in [9.17, 15) is 4.79 Å². The molecule has 0 aromatic heterocycles. The van der Waals surface area contributed by atoms with E-state index in [1.54, 1.807) is 18.2 Å². The quantitative estimate of drug-likeness (QED) is 0.804. The number of carbonyl (C=O) groups excluding carboxylic acids is 1. The van der Waals surface area contributed by atoms with Gasteiger partial charge in [-0.3, -0.25) is 4.79 Å². The Morgan fingerprint density at radius 1 is 1.21 bits per heavy atom. The van der Waals surface area contributed by atoms with Crippen LogP contribution in [0.15, 0.2) is 18.2 Å². The summed E-state index contributed by atoms with van der Waals surface area (Å²) in [5.74, 6) is 0.0627. The average molecular weight is 261 g/mol. The number of rotatable bonds is 2. The molecule has 1 unspecified atom stereocenters. The molecule has 4 heteroatoms. The first-order valence-corrected chi connectivity index (χ1v) is 7.09. The third-order valence-electron chi connectivity index (χ3n) is 3.83. The summed E-state index contributed by atoms with van der Waals surface area (Å²) in [6.07, 6.45) is 5.60. The number of hydrogen-bond acceptors (Lipinski definition) is 3. The molecule has 0 bridgehead atoms. The van der Waals surface area contributed by atoms with Crippen molar-refractivity contribution in [1.82, 2.24) is 4.90 Å². The molecule has 1 aromatic rings. The van der Waals surface area contributed by atoms with Crippen LogP contribution in [0.4, 0.5) is 11.4 Å². The highest BCUT2D eigenvalue weighted by atomic mass is 16.2. The summed E-state index contributed by atoms with van der Waals surface area (Å²) in [5, 5.41) is 0. The summed E-state index contributed by atoms with van der Waals surface area (Å²) in [6.45, 7) is 2.98. The molecule has 1 aromatic carbocycles. The SMILES string of the molecule is CCC1CCCCCN1C(=O)c1cc(N)cc(N)c1. The number of benzene rings is 1. The maximum atomic E-state index is 12.6. The van der Waals surface area contributed by atoms with Crippen LogP contribution in [0.25, 0.3) is 0 Å². The maximum Gasteiger partial charge on any atom is 0.254 e.